The first-order valence-corrected chi connectivity index (χ1v) is 22.8. The number of halogens is 3. The quantitative estimate of drug-likeness (QED) is 0.0781. The summed E-state index contributed by atoms with van der Waals surface area (Å²) in [6, 6.07) is 0. The molecule has 73 heavy (non-hydrogen) atoms. The smallest absolute Gasteiger partial charge is 0.444 e. The zero-order chi connectivity index (χ0) is 54.0. The molecule has 6 atom stereocenters. The lowest BCUT2D eigenvalue weighted by Gasteiger charge is -2.26. The predicted molar refractivity (Wildman–Crippen MR) is 248 cm³/mol. The van der Waals surface area contributed by atoms with Crippen molar-refractivity contribution in [2.75, 3.05) is 23.4 Å². The van der Waals surface area contributed by atoms with E-state index in [1.54, 1.807) is 48.5 Å². The molecule has 0 aromatic carbocycles. The van der Waals surface area contributed by atoms with Crippen LogP contribution >= 0.6 is 15.9 Å². The molecule has 0 bridgehead atoms. The van der Waals surface area contributed by atoms with E-state index in [1.165, 1.54) is 28.7 Å². The minimum Gasteiger partial charge on any atom is -0.444 e. The Labute approximate surface area is 419 Å². The standard InChI is InChI=1S/C22H24FN5O8.C17H20FN5O5.C5H5BrO3/c1-6-22(9-29)13(30)7-14(35-22)28-10-24-15-16(25-18(23)26-17(15)28)27(19(31)36-21(3,4)5)8-12-11(2)33-20(32)34-12;1-5-17(7-24)9(25)6-10(27-17)23-8-19-11-12(20-14(18)22-13(11)23)21-15(26)28-16(2,3)4;1-3-4(2-6)9-5(7)8-3/h1,10,13-14,29-30H,7-9H2,2-5H3;1,8-10,24-25H,6-7H2,2-4H3,(H,20,21,22,26);2H2,1H3/t13-,14+,22+;9-,10+,17+;/m00./s1. The number of aliphatic hydroxyl groups excluding tert-OH is 4. The first-order valence-electron chi connectivity index (χ1n) is 21.6. The number of amides is 2. The summed E-state index contributed by atoms with van der Waals surface area (Å²) in [6.45, 7) is 11.5. The number of aryl methyl sites for hydroxylation is 2. The van der Waals surface area contributed by atoms with Crippen LogP contribution in [0.4, 0.5) is 30.0 Å². The van der Waals surface area contributed by atoms with Crippen molar-refractivity contribution in [3.8, 4) is 24.7 Å². The van der Waals surface area contributed by atoms with Crippen LogP contribution in [0.5, 0.6) is 0 Å². The normalized spacial score (nSPS) is 21.7. The first kappa shape index (κ1) is 55.2. The molecule has 0 unspecified atom stereocenters. The number of hydrogen-bond acceptors (Lipinski definition) is 22. The summed E-state index contributed by atoms with van der Waals surface area (Å²) in [5.74, 6) is 3.61. The summed E-state index contributed by atoms with van der Waals surface area (Å²) in [5.41, 5.74) is -4.92. The van der Waals surface area contributed by atoms with Crippen LogP contribution in [0.15, 0.2) is 39.9 Å². The van der Waals surface area contributed by atoms with Crippen molar-refractivity contribution in [3.05, 3.63) is 69.1 Å². The van der Waals surface area contributed by atoms with Gasteiger partial charge in [0.25, 0.3) is 0 Å². The van der Waals surface area contributed by atoms with Gasteiger partial charge in [-0.3, -0.25) is 19.4 Å². The van der Waals surface area contributed by atoms with Crippen molar-refractivity contribution in [2.45, 2.75) is 127 Å². The SMILES string of the molecule is C#C[C@]1(CO)O[C@@H](n2cnc3c(N(Cc4oc(=O)oc4C)C(=O)OC(C)(C)C)nc(F)nc32)C[C@@H]1O.C#C[C@]1(CO)O[C@@H](n2cnc3c(NC(=O)OC(C)(C)C)nc(F)nc32)C[C@@H]1O.Cc1oc(=O)oc1CBr. The minimum absolute atomic E-state index is 0.0125. The van der Waals surface area contributed by atoms with Crippen LogP contribution < -0.4 is 21.9 Å². The molecule has 2 aliphatic rings. The number of carbonyl (C=O) groups excluding carboxylic acids is 2. The molecule has 0 aliphatic carbocycles. The van der Waals surface area contributed by atoms with Crippen LogP contribution in [-0.2, 0) is 30.8 Å². The second-order valence-electron chi connectivity index (χ2n) is 18.0. The zero-order valence-corrected chi connectivity index (χ0v) is 41.8. The third kappa shape index (κ3) is 12.2. The molecule has 8 heterocycles. The molecular formula is C44H49BrF2N10O16. The van der Waals surface area contributed by atoms with Gasteiger partial charge in [0, 0.05) is 12.8 Å². The van der Waals surface area contributed by atoms with E-state index in [0.29, 0.717) is 16.9 Å². The lowest BCUT2D eigenvalue weighted by molar-refractivity contribution is -0.0892. The lowest BCUT2D eigenvalue weighted by Crippen LogP contribution is -2.41. The Kier molecular flexibility index (Phi) is 16.3. The molecule has 2 amide bonds. The van der Waals surface area contributed by atoms with Crippen LogP contribution in [0.1, 0.15) is 89.9 Å². The summed E-state index contributed by atoms with van der Waals surface area (Å²) in [5, 5.41) is 42.6. The van der Waals surface area contributed by atoms with Gasteiger partial charge < -0.3 is 57.0 Å². The molecule has 6 aromatic heterocycles. The number of ether oxygens (including phenoxy) is 4. The van der Waals surface area contributed by atoms with Gasteiger partial charge in [-0.1, -0.05) is 27.8 Å². The number of aromatic nitrogens is 8. The molecule has 392 valence electrons. The maximum absolute atomic E-state index is 14.7. The van der Waals surface area contributed by atoms with Crippen molar-refractivity contribution in [1.82, 2.24) is 39.0 Å². The monoisotopic (exact) mass is 1090 g/mol. The summed E-state index contributed by atoms with van der Waals surface area (Å²) in [6.07, 6.45) is 5.11. The highest BCUT2D eigenvalue weighted by Crippen LogP contribution is 2.40. The molecule has 8 rings (SSSR count). The number of rotatable bonds is 9. The van der Waals surface area contributed by atoms with E-state index < -0.39 is 103 Å². The molecule has 0 spiro atoms. The minimum atomic E-state index is -1.66. The summed E-state index contributed by atoms with van der Waals surface area (Å²) in [4.78, 5) is 71.1. The van der Waals surface area contributed by atoms with E-state index in [-0.39, 0.29) is 58.3 Å². The fraction of sp³-hybridized carbons (Fsp3) is 0.500. The first-order chi connectivity index (χ1) is 34.2. The highest BCUT2D eigenvalue weighted by molar-refractivity contribution is 9.08. The van der Waals surface area contributed by atoms with E-state index in [0.717, 1.165) is 4.90 Å². The lowest BCUT2D eigenvalue weighted by atomic mass is 9.99. The number of terminal acetylenes is 2. The van der Waals surface area contributed by atoms with Crippen LogP contribution in [0, 0.1) is 50.7 Å². The highest BCUT2D eigenvalue weighted by Gasteiger charge is 2.49. The van der Waals surface area contributed by atoms with E-state index in [2.05, 4.69) is 71.8 Å². The van der Waals surface area contributed by atoms with E-state index in [4.69, 9.17) is 40.6 Å². The number of fused-ring (bicyclic) bond motifs is 2. The molecular weight excluding hydrogens is 1040 g/mol. The third-order valence-corrected chi connectivity index (χ3v) is 11.1. The molecule has 26 nitrogen and oxygen atoms in total. The number of carbonyl (C=O) groups is 2. The Morgan fingerprint density at radius 1 is 0.795 bits per heavy atom. The molecule has 29 heteroatoms. The van der Waals surface area contributed by atoms with Gasteiger partial charge in [-0.2, -0.15) is 28.7 Å². The molecule has 2 aliphatic heterocycles. The van der Waals surface area contributed by atoms with E-state index in [1.807, 2.05) is 0 Å². The van der Waals surface area contributed by atoms with Gasteiger partial charge >= 0.3 is 36.0 Å². The molecule has 0 radical (unpaired) electrons. The number of aliphatic hydroxyl groups is 4. The number of nitrogens with zero attached hydrogens (tertiary/aromatic N) is 9. The van der Waals surface area contributed by atoms with Gasteiger partial charge in [-0.25, -0.2) is 29.1 Å². The molecule has 6 aromatic rings. The Morgan fingerprint density at radius 3 is 1.67 bits per heavy atom. The Bertz CT molecular complexity index is 3200. The molecule has 2 fully saturated rings. The highest BCUT2D eigenvalue weighted by atomic mass is 79.9. The van der Waals surface area contributed by atoms with Crippen molar-refractivity contribution in [1.29, 1.82) is 0 Å². The average molecular weight is 1090 g/mol. The Morgan fingerprint density at radius 2 is 1.26 bits per heavy atom. The number of imidazole rings is 2. The number of hydrogen-bond donors (Lipinski definition) is 5. The number of nitrogens with one attached hydrogen (secondary N) is 1. The van der Waals surface area contributed by atoms with Crippen LogP contribution in [0.3, 0.4) is 0 Å². The maximum atomic E-state index is 14.7. The maximum Gasteiger partial charge on any atom is 0.519 e. The van der Waals surface area contributed by atoms with Gasteiger partial charge in [-0.05, 0) is 55.4 Å². The molecule has 2 saturated heterocycles. The zero-order valence-electron chi connectivity index (χ0n) is 40.2. The van der Waals surface area contributed by atoms with Gasteiger partial charge in [0.05, 0.1) is 37.7 Å². The predicted octanol–water partition coefficient (Wildman–Crippen LogP) is 3.80. The van der Waals surface area contributed by atoms with Gasteiger partial charge in [-0.15, -0.1) is 12.8 Å². The molecule has 5 N–H and O–H groups in total. The second-order valence-corrected chi connectivity index (χ2v) is 18.6. The average Bonchev–Trinajstić information content (AvgIpc) is 4.16. The van der Waals surface area contributed by atoms with Crippen LogP contribution in [-0.4, -0.2) is 119 Å². The summed E-state index contributed by atoms with van der Waals surface area (Å²) in [7, 11) is 0. The second kappa shape index (κ2) is 21.5. The van der Waals surface area contributed by atoms with Crippen molar-refractivity contribution >= 4 is 62.1 Å². The van der Waals surface area contributed by atoms with Crippen LogP contribution in [0.25, 0.3) is 22.3 Å². The van der Waals surface area contributed by atoms with Crippen molar-refractivity contribution < 1.29 is 75.4 Å². The fourth-order valence-corrected chi connectivity index (χ4v) is 7.55. The van der Waals surface area contributed by atoms with Crippen LogP contribution in [0.2, 0.25) is 0 Å². The van der Waals surface area contributed by atoms with Crippen molar-refractivity contribution in [3.63, 3.8) is 0 Å². The van der Waals surface area contributed by atoms with E-state index in [9.17, 15) is 48.4 Å². The molecule has 0 saturated carbocycles. The van der Waals surface area contributed by atoms with Crippen molar-refractivity contribution in [2.24, 2.45) is 0 Å². The topological polar surface area (TPSA) is 341 Å². The van der Waals surface area contributed by atoms with Gasteiger partial charge in [0.15, 0.2) is 56.7 Å². The van der Waals surface area contributed by atoms with E-state index >= 15 is 0 Å². The van der Waals surface area contributed by atoms with Gasteiger partial charge in [0.2, 0.25) is 0 Å². The fourth-order valence-electron chi connectivity index (χ4n) is 7.04. The number of alkyl halides is 1. The summed E-state index contributed by atoms with van der Waals surface area (Å²) >= 11 is 3.13. The Balaban J connectivity index is 0.000000207. The Hall–Kier alpha value is -7.12. The van der Waals surface area contributed by atoms with Gasteiger partial charge in [0.1, 0.15) is 47.4 Å². The number of anilines is 2. The largest absolute Gasteiger partial charge is 0.519 e. The summed E-state index contributed by atoms with van der Waals surface area (Å²) < 4.78 is 72.3. The third-order valence-electron chi connectivity index (χ3n) is 10.6.